The molecule has 0 spiro atoms. The summed E-state index contributed by atoms with van der Waals surface area (Å²) in [5.74, 6) is 0.964. The van der Waals surface area contributed by atoms with Gasteiger partial charge in [0.2, 0.25) is 5.91 Å². The first-order chi connectivity index (χ1) is 8.63. The molecule has 1 aliphatic rings. The van der Waals surface area contributed by atoms with E-state index in [2.05, 4.69) is 11.9 Å². The monoisotopic (exact) mass is 254 g/mol. The predicted octanol–water partition coefficient (Wildman–Crippen LogP) is 1.46. The lowest BCUT2D eigenvalue weighted by Gasteiger charge is -2.26. The Morgan fingerprint density at radius 1 is 1.39 bits per heavy atom. The highest BCUT2D eigenvalue weighted by atomic mass is 16.5. The second-order valence-electron chi connectivity index (χ2n) is 5.25. The van der Waals surface area contributed by atoms with Crippen molar-refractivity contribution in [3.63, 3.8) is 0 Å². The van der Waals surface area contributed by atoms with Gasteiger partial charge in [0.15, 0.2) is 0 Å². The standard InChI is InChI=1S/C14H26N2O2/c1-11(2)10-18-8-7-16-14(17)13-5-3-12(9-15)4-6-13/h12-13H,1,3-10,15H2,2H3,(H,16,17). The van der Waals surface area contributed by atoms with Crippen LogP contribution in [0.1, 0.15) is 32.6 Å². The van der Waals surface area contributed by atoms with Crippen LogP contribution in [0.2, 0.25) is 0 Å². The summed E-state index contributed by atoms with van der Waals surface area (Å²) in [5, 5.41) is 2.93. The summed E-state index contributed by atoms with van der Waals surface area (Å²) in [7, 11) is 0. The van der Waals surface area contributed by atoms with E-state index in [9.17, 15) is 4.79 Å². The molecule has 0 aromatic heterocycles. The van der Waals surface area contributed by atoms with Crippen LogP contribution in [0.4, 0.5) is 0 Å². The Bertz CT molecular complexity index is 271. The van der Waals surface area contributed by atoms with E-state index in [1.807, 2.05) is 6.92 Å². The van der Waals surface area contributed by atoms with E-state index in [0.717, 1.165) is 37.8 Å². The first-order valence-electron chi connectivity index (χ1n) is 6.83. The number of hydrogen-bond acceptors (Lipinski definition) is 3. The topological polar surface area (TPSA) is 64.3 Å². The third-order valence-electron chi connectivity index (χ3n) is 3.44. The summed E-state index contributed by atoms with van der Waals surface area (Å²) in [4.78, 5) is 11.9. The zero-order valence-corrected chi connectivity index (χ0v) is 11.4. The fraction of sp³-hybridized carbons (Fsp3) is 0.786. The average molecular weight is 254 g/mol. The number of rotatable bonds is 7. The average Bonchev–Trinajstić information content (AvgIpc) is 2.38. The van der Waals surface area contributed by atoms with Crippen LogP contribution >= 0.6 is 0 Å². The molecular weight excluding hydrogens is 228 g/mol. The molecule has 0 aromatic carbocycles. The Balaban J connectivity index is 2.08. The van der Waals surface area contributed by atoms with Gasteiger partial charge in [-0.05, 0) is 45.1 Å². The zero-order valence-electron chi connectivity index (χ0n) is 11.4. The summed E-state index contributed by atoms with van der Waals surface area (Å²) in [6.45, 7) is 8.14. The van der Waals surface area contributed by atoms with Gasteiger partial charge in [-0.1, -0.05) is 12.2 Å². The SMILES string of the molecule is C=C(C)COCCNC(=O)C1CCC(CN)CC1. The molecule has 0 atom stereocenters. The van der Waals surface area contributed by atoms with E-state index >= 15 is 0 Å². The molecule has 1 aliphatic carbocycles. The van der Waals surface area contributed by atoms with E-state index in [-0.39, 0.29) is 11.8 Å². The summed E-state index contributed by atoms with van der Waals surface area (Å²) < 4.78 is 5.34. The molecular formula is C14H26N2O2. The molecule has 18 heavy (non-hydrogen) atoms. The summed E-state index contributed by atoms with van der Waals surface area (Å²) in [6.07, 6.45) is 4.11. The molecule has 4 nitrogen and oxygen atoms in total. The van der Waals surface area contributed by atoms with Gasteiger partial charge in [-0.15, -0.1) is 0 Å². The van der Waals surface area contributed by atoms with Gasteiger partial charge in [0.05, 0.1) is 13.2 Å². The van der Waals surface area contributed by atoms with Gasteiger partial charge in [-0.3, -0.25) is 4.79 Å². The first kappa shape index (κ1) is 15.2. The second kappa shape index (κ2) is 8.27. The van der Waals surface area contributed by atoms with Gasteiger partial charge >= 0.3 is 0 Å². The number of carbonyl (C=O) groups excluding carboxylic acids is 1. The highest BCUT2D eigenvalue weighted by Crippen LogP contribution is 2.27. The molecule has 0 unspecified atom stereocenters. The highest BCUT2D eigenvalue weighted by Gasteiger charge is 2.25. The molecule has 1 saturated carbocycles. The Morgan fingerprint density at radius 3 is 2.61 bits per heavy atom. The van der Waals surface area contributed by atoms with Crippen LogP contribution in [0.5, 0.6) is 0 Å². The molecule has 3 N–H and O–H groups in total. The van der Waals surface area contributed by atoms with E-state index in [1.54, 1.807) is 0 Å². The van der Waals surface area contributed by atoms with Crippen molar-refractivity contribution in [2.45, 2.75) is 32.6 Å². The predicted molar refractivity (Wildman–Crippen MR) is 73.1 cm³/mol. The number of amides is 1. The highest BCUT2D eigenvalue weighted by molar-refractivity contribution is 5.78. The van der Waals surface area contributed by atoms with Crippen molar-refractivity contribution < 1.29 is 9.53 Å². The van der Waals surface area contributed by atoms with Gasteiger partial charge in [-0.25, -0.2) is 0 Å². The molecule has 1 amide bonds. The van der Waals surface area contributed by atoms with E-state index < -0.39 is 0 Å². The zero-order chi connectivity index (χ0) is 13.4. The molecule has 0 aliphatic heterocycles. The fourth-order valence-electron chi connectivity index (χ4n) is 2.30. The third-order valence-corrected chi connectivity index (χ3v) is 3.44. The Kier molecular flexibility index (Phi) is 6.98. The van der Waals surface area contributed by atoms with E-state index in [4.69, 9.17) is 10.5 Å². The number of carbonyl (C=O) groups is 1. The Hall–Kier alpha value is -0.870. The van der Waals surface area contributed by atoms with Crippen LogP contribution in [0.15, 0.2) is 12.2 Å². The largest absolute Gasteiger partial charge is 0.375 e. The molecule has 0 radical (unpaired) electrons. The van der Waals surface area contributed by atoms with Gasteiger partial charge in [0, 0.05) is 12.5 Å². The lowest BCUT2D eigenvalue weighted by atomic mass is 9.81. The minimum absolute atomic E-state index is 0.171. The van der Waals surface area contributed by atoms with Crippen LogP contribution in [-0.2, 0) is 9.53 Å². The molecule has 0 saturated heterocycles. The van der Waals surface area contributed by atoms with Crippen molar-refractivity contribution in [1.82, 2.24) is 5.32 Å². The molecule has 1 rings (SSSR count). The maximum Gasteiger partial charge on any atom is 0.223 e. The molecule has 4 heteroatoms. The van der Waals surface area contributed by atoms with Crippen LogP contribution < -0.4 is 11.1 Å². The van der Waals surface area contributed by atoms with Crippen molar-refractivity contribution >= 4 is 5.91 Å². The van der Waals surface area contributed by atoms with Crippen LogP contribution in [-0.4, -0.2) is 32.2 Å². The van der Waals surface area contributed by atoms with Crippen LogP contribution in [0, 0.1) is 11.8 Å². The number of nitrogens with one attached hydrogen (secondary N) is 1. The Labute approximate surface area is 110 Å². The first-order valence-corrected chi connectivity index (χ1v) is 6.83. The van der Waals surface area contributed by atoms with Crippen molar-refractivity contribution in [2.75, 3.05) is 26.3 Å². The minimum Gasteiger partial charge on any atom is -0.375 e. The summed E-state index contributed by atoms with van der Waals surface area (Å²) >= 11 is 0. The maximum absolute atomic E-state index is 11.9. The van der Waals surface area contributed by atoms with Crippen molar-refractivity contribution in [2.24, 2.45) is 17.6 Å². The molecule has 1 fully saturated rings. The van der Waals surface area contributed by atoms with Crippen LogP contribution in [0.3, 0.4) is 0 Å². The van der Waals surface area contributed by atoms with Gasteiger partial charge in [0.1, 0.15) is 0 Å². The number of hydrogen-bond donors (Lipinski definition) is 2. The fourth-order valence-corrected chi connectivity index (χ4v) is 2.30. The molecule has 104 valence electrons. The van der Waals surface area contributed by atoms with E-state index in [1.165, 1.54) is 0 Å². The van der Waals surface area contributed by atoms with Crippen molar-refractivity contribution in [1.29, 1.82) is 0 Å². The van der Waals surface area contributed by atoms with Gasteiger partial charge in [-0.2, -0.15) is 0 Å². The second-order valence-corrected chi connectivity index (χ2v) is 5.25. The van der Waals surface area contributed by atoms with Gasteiger partial charge < -0.3 is 15.8 Å². The molecule has 0 bridgehead atoms. The minimum atomic E-state index is 0.171. The normalized spacial score (nSPS) is 23.7. The van der Waals surface area contributed by atoms with Crippen LogP contribution in [0.25, 0.3) is 0 Å². The molecule has 0 aromatic rings. The molecule has 0 heterocycles. The smallest absolute Gasteiger partial charge is 0.223 e. The quantitative estimate of drug-likeness (QED) is 0.534. The lowest BCUT2D eigenvalue weighted by Crippen LogP contribution is -2.36. The summed E-state index contributed by atoms with van der Waals surface area (Å²) in [5.41, 5.74) is 6.64. The number of ether oxygens (including phenoxy) is 1. The summed E-state index contributed by atoms with van der Waals surface area (Å²) in [6, 6.07) is 0. The third kappa shape index (κ3) is 5.65. The van der Waals surface area contributed by atoms with Crippen molar-refractivity contribution in [3.8, 4) is 0 Å². The number of nitrogens with two attached hydrogens (primary N) is 1. The van der Waals surface area contributed by atoms with E-state index in [0.29, 0.717) is 25.7 Å². The Morgan fingerprint density at radius 2 is 2.06 bits per heavy atom. The lowest BCUT2D eigenvalue weighted by molar-refractivity contribution is -0.126. The van der Waals surface area contributed by atoms with Crippen molar-refractivity contribution in [3.05, 3.63) is 12.2 Å². The van der Waals surface area contributed by atoms with Gasteiger partial charge in [0.25, 0.3) is 0 Å². The maximum atomic E-state index is 11.9.